The molecule has 0 aromatic carbocycles. The van der Waals surface area contributed by atoms with Gasteiger partial charge in [-0.1, -0.05) is 20.3 Å². The summed E-state index contributed by atoms with van der Waals surface area (Å²) in [4.78, 5) is 13.9. The lowest BCUT2D eigenvalue weighted by atomic mass is 10.1. The number of thioether (sulfide) groups is 1. The number of carbonyl (C=O) groups is 1. The Labute approximate surface area is 116 Å². The highest BCUT2D eigenvalue weighted by atomic mass is 35.5. The van der Waals surface area contributed by atoms with Crippen molar-refractivity contribution in [2.75, 3.05) is 25.1 Å². The van der Waals surface area contributed by atoms with Crippen molar-refractivity contribution in [3.05, 3.63) is 0 Å². The van der Waals surface area contributed by atoms with Gasteiger partial charge < -0.3 is 10.6 Å². The molecule has 0 rings (SSSR count). The maximum absolute atomic E-state index is 12.0. The van der Waals surface area contributed by atoms with Crippen molar-refractivity contribution < 1.29 is 4.79 Å². The molecule has 0 radical (unpaired) electrons. The molecular weight excluding hydrogens is 256 g/mol. The highest BCUT2D eigenvalue weighted by Gasteiger charge is 2.20. The monoisotopic (exact) mass is 282 g/mol. The van der Waals surface area contributed by atoms with Gasteiger partial charge in [-0.05, 0) is 31.3 Å². The Morgan fingerprint density at radius 3 is 2.41 bits per heavy atom. The Morgan fingerprint density at radius 1 is 1.41 bits per heavy atom. The van der Waals surface area contributed by atoms with E-state index in [2.05, 4.69) is 13.8 Å². The van der Waals surface area contributed by atoms with Gasteiger partial charge in [-0.15, -0.1) is 12.4 Å². The molecule has 2 N–H and O–H groups in total. The van der Waals surface area contributed by atoms with E-state index in [0.29, 0.717) is 5.92 Å². The Morgan fingerprint density at radius 2 is 2.00 bits per heavy atom. The van der Waals surface area contributed by atoms with Crippen LogP contribution in [0.3, 0.4) is 0 Å². The van der Waals surface area contributed by atoms with Crippen LogP contribution in [0, 0.1) is 5.92 Å². The summed E-state index contributed by atoms with van der Waals surface area (Å²) >= 11 is 1.73. The van der Waals surface area contributed by atoms with Crippen LogP contribution in [-0.4, -0.2) is 41.9 Å². The second-order valence-electron chi connectivity index (χ2n) is 4.28. The minimum atomic E-state index is -0.323. The van der Waals surface area contributed by atoms with Crippen LogP contribution in [0.15, 0.2) is 0 Å². The fourth-order valence-electron chi connectivity index (χ4n) is 1.48. The number of nitrogens with two attached hydrogens (primary N) is 1. The topological polar surface area (TPSA) is 46.3 Å². The molecule has 3 nitrogen and oxygen atoms in total. The summed E-state index contributed by atoms with van der Waals surface area (Å²) in [7, 11) is 0. The largest absolute Gasteiger partial charge is 0.341 e. The number of hydrogen-bond donors (Lipinski definition) is 1. The smallest absolute Gasteiger partial charge is 0.239 e. The van der Waals surface area contributed by atoms with Gasteiger partial charge in [0.2, 0.25) is 5.91 Å². The molecule has 0 heterocycles. The number of halogens is 1. The minimum absolute atomic E-state index is 0. The van der Waals surface area contributed by atoms with E-state index < -0.39 is 0 Å². The Kier molecular flexibility index (Phi) is 12.8. The Hall–Kier alpha value is 0.0700. The predicted molar refractivity (Wildman–Crippen MR) is 79.9 cm³/mol. The van der Waals surface area contributed by atoms with E-state index in [1.54, 1.807) is 11.8 Å². The molecule has 0 fully saturated rings. The van der Waals surface area contributed by atoms with Gasteiger partial charge in [-0.3, -0.25) is 4.79 Å². The average Bonchev–Trinajstić information content (AvgIpc) is 2.31. The number of hydrogen-bond acceptors (Lipinski definition) is 3. The number of nitrogens with zero attached hydrogens (tertiary/aromatic N) is 1. The zero-order chi connectivity index (χ0) is 12.6. The normalized spacial score (nSPS) is 13.7. The fourth-order valence-corrected chi connectivity index (χ4v) is 1.97. The molecule has 0 aromatic rings. The summed E-state index contributed by atoms with van der Waals surface area (Å²) < 4.78 is 0. The number of rotatable bonds is 8. The van der Waals surface area contributed by atoms with Gasteiger partial charge in [-0.2, -0.15) is 11.8 Å². The zero-order valence-electron chi connectivity index (χ0n) is 11.4. The molecule has 2 atom stereocenters. The highest BCUT2D eigenvalue weighted by molar-refractivity contribution is 7.98. The number of amides is 1. The summed E-state index contributed by atoms with van der Waals surface area (Å²) in [5.41, 5.74) is 5.89. The molecule has 0 spiro atoms. The summed E-state index contributed by atoms with van der Waals surface area (Å²) in [5, 5.41) is 0. The van der Waals surface area contributed by atoms with Crippen molar-refractivity contribution >= 4 is 30.1 Å². The second kappa shape index (κ2) is 11.2. The number of carbonyl (C=O) groups excluding carboxylic acids is 1. The summed E-state index contributed by atoms with van der Waals surface area (Å²) in [6.45, 7) is 7.93. The zero-order valence-corrected chi connectivity index (χ0v) is 13.1. The van der Waals surface area contributed by atoms with Gasteiger partial charge in [0, 0.05) is 13.1 Å². The van der Waals surface area contributed by atoms with E-state index in [0.717, 1.165) is 31.7 Å². The van der Waals surface area contributed by atoms with Crippen LogP contribution < -0.4 is 5.73 Å². The van der Waals surface area contributed by atoms with Crippen molar-refractivity contribution in [2.24, 2.45) is 11.7 Å². The van der Waals surface area contributed by atoms with E-state index in [4.69, 9.17) is 5.73 Å². The molecule has 1 unspecified atom stereocenters. The molecule has 0 bridgehead atoms. The highest BCUT2D eigenvalue weighted by Crippen LogP contribution is 2.07. The maximum Gasteiger partial charge on any atom is 0.239 e. The van der Waals surface area contributed by atoms with Gasteiger partial charge in [0.1, 0.15) is 0 Å². The first-order valence-corrected chi connectivity index (χ1v) is 7.49. The standard InChI is InChI=1S/C12H26N2OS.ClH/c1-5-10(3)9-14(6-2)12(15)11(13)7-8-16-4;/h10-11H,5-9,13H2,1-4H3;1H/t10?,11-;/m0./s1. The van der Waals surface area contributed by atoms with Gasteiger partial charge in [0.05, 0.1) is 6.04 Å². The predicted octanol–water partition coefficient (Wildman–Crippen LogP) is 2.38. The van der Waals surface area contributed by atoms with E-state index in [-0.39, 0.29) is 24.4 Å². The van der Waals surface area contributed by atoms with Gasteiger partial charge in [-0.25, -0.2) is 0 Å². The van der Waals surface area contributed by atoms with Crippen LogP contribution in [0.2, 0.25) is 0 Å². The third kappa shape index (κ3) is 7.90. The number of likely N-dealkylation sites (N-methyl/N-ethyl adjacent to an activating group) is 1. The van der Waals surface area contributed by atoms with Crippen molar-refractivity contribution in [3.63, 3.8) is 0 Å². The molecule has 17 heavy (non-hydrogen) atoms. The molecule has 0 saturated heterocycles. The summed E-state index contributed by atoms with van der Waals surface area (Å²) in [5.74, 6) is 1.61. The molecule has 0 aliphatic heterocycles. The van der Waals surface area contributed by atoms with E-state index >= 15 is 0 Å². The molecule has 104 valence electrons. The van der Waals surface area contributed by atoms with Crippen LogP contribution in [0.5, 0.6) is 0 Å². The molecule has 1 amide bonds. The van der Waals surface area contributed by atoms with Crippen LogP contribution >= 0.6 is 24.2 Å². The molecule has 0 aliphatic carbocycles. The fraction of sp³-hybridized carbons (Fsp3) is 0.917. The average molecular weight is 283 g/mol. The quantitative estimate of drug-likeness (QED) is 0.744. The maximum atomic E-state index is 12.0. The lowest BCUT2D eigenvalue weighted by Crippen LogP contribution is -2.45. The lowest BCUT2D eigenvalue weighted by molar-refractivity contribution is -0.133. The van der Waals surface area contributed by atoms with Crippen LogP contribution in [-0.2, 0) is 4.79 Å². The first kappa shape index (κ1) is 19.4. The minimum Gasteiger partial charge on any atom is -0.341 e. The summed E-state index contributed by atoms with van der Waals surface area (Å²) in [6, 6.07) is -0.323. The van der Waals surface area contributed by atoms with E-state index in [1.165, 1.54) is 0 Å². The first-order valence-electron chi connectivity index (χ1n) is 6.10. The van der Waals surface area contributed by atoms with E-state index in [9.17, 15) is 4.79 Å². The third-order valence-electron chi connectivity index (χ3n) is 2.87. The molecule has 0 aromatic heterocycles. The van der Waals surface area contributed by atoms with Crippen LogP contribution in [0.4, 0.5) is 0 Å². The summed E-state index contributed by atoms with van der Waals surface area (Å²) in [6.07, 6.45) is 3.91. The first-order chi connectivity index (χ1) is 7.56. The Balaban J connectivity index is 0. The van der Waals surface area contributed by atoms with Crippen molar-refractivity contribution in [2.45, 2.75) is 39.7 Å². The molecular formula is C12H27ClN2OS. The lowest BCUT2D eigenvalue weighted by Gasteiger charge is -2.26. The molecule has 5 heteroatoms. The molecule has 0 saturated carbocycles. The van der Waals surface area contributed by atoms with Crippen LogP contribution in [0.1, 0.15) is 33.6 Å². The third-order valence-corrected chi connectivity index (χ3v) is 3.52. The van der Waals surface area contributed by atoms with E-state index in [1.807, 2.05) is 18.1 Å². The van der Waals surface area contributed by atoms with Gasteiger partial charge in [0.15, 0.2) is 0 Å². The van der Waals surface area contributed by atoms with Gasteiger partial charge in [0.25, 0.3) is 0 Å². The van der Waals surface area contributed by atoms with Crippen molar-refractivity contribution in [3.8, 4) is 0 Å². The van der Waals surface area contributed by atoms with Crippen molar-refractivity contribution in [1.29, 1.82) is 0 Å². The van der Waals surface area contributed by atoms with Gasteiger partial charge >= 0.3 is 0 Å². The van der Waals surface area contributed by atoms with Crippen molar-refractivity contribution in [1.82, 2.24) is 4.90 Å². The van der Waals surface area contributed by atoms with Crippen LogP contribution in [0.25, 0.3) is 0 Å². The SMILES string of the molecule is CCC(C)CN(CC)C(=O)[C@@H](N)CCSC.Cl. The molecule has 0 aliphatic rings. The second-order valence-corrected chi connectivity index (χ2v) is 5.26. The Bertz CT molecular complexity index is 205.